The lowest BCUT2D eigenvalue weighted by molar-refractivity contribution is -0.129. The molecule has 0 N–H and O–H groups in total. The zero-order chi connectivity index (χ0) is 17.4. The van der Waals surface area contributed by atoms with Crippen LogP contribution in [-0.4, -0.2) is 60.0 Å². The third kappa shape index (κ3) is 3.21. The van der Waals surface area contributed by atoms with E-state index in [4.69, 9.17) is 0 Å². The molecular weight excluding hydrogens is 328 g/mol. The molecule has 0 aliphatic carbocycles. The standard InChI is InChI=1S/C16H26N4O3S/c1-3-19-13-14(12-17-19)24(22,23)20-10-7-16(8-11-20)5-4-15(21)18(2)9-6-16/h12-13H,3-11H2,1-2H3. The number of likely N-dealkylation sites (tertiary alicyclic amines) is 1. The second kappa shape index (κ2) is 6.48. The van der Waals surface area contributed by atoms with Crippen LogP contribution in [-0.2, 0) is 21.4 Å². The summed E-state index contributed by atoms with van der Waals surface area (Å²) in [7, 11) is -1.61. The van der Waals surface area contributed by atoms with Crippen molar-refractivity contribution in [2.45, 2.75) is 50.5 Å². The Hall–Kier alpha value is -1.41. The Morgan fingerprint density at radius 1 is 1.17 bits per heavy atom. The summed E-state index contributed by atoms with van der Waals surface area (Å²) >= 11 is 0. The molecule has 3 rings (SSSR count). The molecular formula is C16H26N4O3S. The normalized spacial score (nSPS) is 22.8. The molecule has 2 aliphatic rings. The van der Waals surface area contributed by atoms with E-state index in [1.807, 2.05) is 14.0 Å². The lowest BCUT2D eigenvalue weighted by Gasteiger charge is -2.40. The predicted molar refractivity (Wildman–Crippen MR) is 89.8 cm³/mol. The molecule has 2 fully saturated rings. The van der Waals surface area contributed by atoms with E-state index < -0.39 is 10.0 Å². The van der Waals surface area contributed by atoms with Gasteiger partial charge in [-0.3, -0.25) is 9.48 Å². The maximum absolute atomic E-state index is 12.8. The monoisotopic (exact) mass is 354 g/mol. The Morgan fingerprint density at radius 2 is 1.83 bits per heavy atom. The van der Waals surface area contributed by atoms with E-state index in [0.29, 0.717) is 26.1 Å². The number of carbonyl (C=O) groups excluding carboxylic acids is 1. The highest BCUT2D eigenvalue weighted by Crippen LogP contribution is 2.42. The number of rotatable bonds is 3. The number of hydrogen-bond acceptors (Lipinski definition) is 4. The molecule has 24 heavy (non-hydrogen) atoms. The summed E-state index contributed by atoms with van der Waals surface area (Å²) < 4.78 is 28.7. The molecule has 3 heterocycles. The summed E-state index contributed by atoms with van der Waals surface area (Å²) in [6.07, 6.45) is 7.10. The molecule has 1 aromatic rings. The SMILES string of the molecule is CCn1cc(S(=O)(=O)N2CCC3(CCC(=O)N(C)CC3)CC2)cn1. The van der Waals surface area contributed by atoms with Crippen LogP contribution < -0.4 is 0 Å². The van der Waals surface area contributed by atoms with Crippen LogP contribution in [0.2, 0.25) is 0 Å². The van der Waals surface area contributed by atoms with Crippen LogP contribution in [0.3, 0.4) is 0 Å². The van der Waals surface area contributed by atoms with Gasteiger partial charge in [0, 0.05) is 45.8 Å². The predicted octanol–water partition coefficient (Wildman–Crippen LogP) is 1.32. The van der Waals surface area contributed by atoms with Crippen molar-refractivity contribution in [1.82, 2.24) is 19.0 Å². The number of amides is 1. The minimum absolute atomic E-state index is 0.111. The third-order valence-electron chi connectivity index (χ3n) is 5.63. The van der Waals surface area contributed by atoms with Crippen molar-refractivity contribution in [1.29, 1.82) is 0 Å². The summed E-state index contributed by atoms with van der Waals surface area (Å²) in [4.78, 5) is 14.0. The van der Waals surface area contributed by atoms with Crippen molar-refractivity contribution in [3.05, 3.63) is 12.4 Å². The first kappa shape index (κ1) is 17.4. The van der Waals surface area contributed by atoms with E-state index in [1.165, 1.54) is 6.20 Å². The van der Waals surface area contributed by atoms with E-state index in [0.717, 1.165) is 32.2 Å². The summed E-state index contributed by atoms with van der Waals surface area (Å²) in [5, 5.41) is 4.08. The first-order valence-corrected chi connectivity index (χ1v) is 10.1. The number of aryl methyl sites for hydroxylation is 1. The Morgan fingerprint density at radius 3 is 2.46 bits per heavy atom. The van der Waals surface area contributed by atoms with E-state index in [1.54, 1.807) is 20.1 Å². The molecule has 1 aromatic heterocycles. The Balaban J connectivity index is 1.69. The number of sulfonamides is 1. The largest absolute Gasteiger partial charge is 0.346 e. The average molecular weight is 354 g/mol. The number of carbonyl (C=O) groups is 1. The maximum atomic E-state index is 12.8. The van der Waals surface area contributed by atoms with Crippen molar-refractivity contribution < 1.29 is 13.2 Å². The smallest absolute Gasteiger partial charge is 0.246 e. The molecule has 0 aromatic carbocycles. The summed E-state index contributed by atoms with van der Waals surface area (Å²) in [5.74, 6) is 0.203. The molecule has 2 aliphatic heterocycles. The molecule has 1 amide bonds. The fourth-order valence-electron chi connectivity index (χ4n) is 3.72. The van der Waals surface area contributed by atoms with E-state index >= 15 is 0 Å². The van der Waals surface area contributed by atoms with E-state index in [-0.39, 0.29) is 16.2 Å². The number of hydrogen-bond donors (Lipinski definition) is 0. The van der Waals surface area contributed by atoms with Gasteiger partial charge in [-0.15, -0.1) is 0 Å². The molecule has 8 heteroatoms. The highest BCUT2D eigenvalue weighted by Gasteiger charge is 2.40. The third-order valence-corrected chi connectivity index (χ3v) is 7.48. The van der Waals surface area contributed by atoms with Crippen LogP contribution in [0.25, 0.3) is 0 Å². The Labute approximate surface area is 143 Å². The van der Waals surface area contributed by atoms with Gasteiger partial charge in [0.1, 0.15) is 4.90 Å². The first-order chi connectivity index (χ1) is 11.4. The van der Waals surface area contributed by atoms with Crippen LogP contribution in [0.1, 0.15) is 39.0 Å². The van der Waals surface area contributed by atoms with Gasteiger partial charge in [0.25, 0.3) is 0 Å². The molecule has 0 radical (unpaired) electrons. The number of nitrogens with zero attached hydrogens (tertiary/aromatic N) is 4. The summed E-state index contributed by atoms with van der Waals surface area (Å²) in [6, 6.07) is 0. The maximum Gasteiger partial charge on any atom is 0.246 e. The van der Waals surface area contributed by atoms with Crippen molar-refractivity contribution >= 4 is 15.9 Å². The Kier molecular flexibility index (Phi) is 4.70. The van der Waals surface area contributed by atoms with Crippen LogP contribution in [0.15, 0.2) is 17.3 Å². The van der Waals surface area contributed by atoms with Crippen molar-refractivity contribution in [2.24, 2.45) is 5.41 Å². The molecule has 0 saturated carbocycles. The van der Waals surface area contributed by atoms with Crippen molar-refractivity contribution in [3.8, 4) is 0 Å². The molecule has 134 valence electrons. The van der Waals surface area contributed by atoms with Gasteiger partial charge in [0.2, 0.25) is 15.9 Å². The molecule has 2 saturated heterocycles. The fraction of sp³-hybridized carbons (Fsp3) is 0.750. The zero-order valence-electron chi connectivity index (χ0n) is 14.4. The molecule has 0 unspecified atom stereocenters. The second-order valence-corrected chi connectivity index (χ2v) is 8.94. The fourth-order valence-corrected chi connectivity index (χ4v) is 5.11. The zero-order valence-corrected chi connectivity index (χ0v) is 15.3. The minimum atomic E-state index is -3.46. The van der Waals surface area contributed by atoms with Crippen LogP contribution in [0.5, 0.6) is 0 Å². The lowest BCUT2D eigenvalue weighted by Crippen LogP contribution is -2.43. The summed E-state index contributed by atoms with van der Waals surface area (Å²) in [6.45, 7) is 4.41. The van der Waals surface area contributed by atoms with Gasteiger partial charge in [0.15, 0.2) is 0 Å². The van der Waals surface area contributed by atoms with Crippen LogP contribution in [0.4, 0.5) is 0 Å². The lowest BCUT2D eigenvalue weighted by atomic mass is 9.73. The molecule has 0 bridgehead atoms. The van der Waals surface area contributed by atoms with Crippen molar-refractivity contribution in [2.75, 3.05) is 26.7 Å². The molecule has 7 nitrogen and oxygen atoms in total. The molecule has 0 atom stereocenters. The van der Waals surface area contributed by atoms with Gasteiger partial charge < -0.3 is 4.90 Å². The van der Waals surface area contributed by atoms with Gasteiger partial charge in [-0.25, -0.2) is 8.42 Å². The van der Waals surface area contributed by atoms with Crippen molar-refractivity contribution in [3.63, 3.8) is 0 Å². The second-order valence-electron chi connectivity index (χ2n) is 7.00. The van der Waals surface area contributed by atoms with E-state index in [2.05, 4.69) is 5.10 Å². The van der Waals surface area contributed by atoms with E-state index in [9.17, 15) is 13.2 Å². The molecule has 1 spiro atoms. The Bertz CT molecular complexity index is 705. The summed E-state index contributed by atoms with van der Waals surface area (Å²) in [5.41, 5.74) is 0.111. The van der Waals surface area contributed by atoms with Gasteiger partial charge in [-0.2, -0.15) is 9.40 Å². The topological polar surface area (TPSA) is 75.5 Å². The average Bonchev–Trinajstić information content (AvgIpc) is 3.03. The number of aromatic nitrogens is 2. The van der Waals surface area contributed by atoms with Gasteiger partial charge in [-0.05, 0) is 38.0 Å². The van der Waals surface area contributed by atoms with Crippen LogP contribution in [0, 0.1) is 5.41 Å². The highest BCUT2D eigenvalue weighted by atomic mass is 32.2. The minimum Gasteiger partial charge on any atom is -0.346 e. The van der Waals surface area contributed by atoms with Gasteiger partial charge >= 0.3 is 0 Å². The quantitative estimate of drug-likeness (QED) is 0.820. The van der Waals surface area contributed by atoms with Gasteiger partial charge in [0.05, 0.1) is 6.20 Å². The van der Waals surface area contributed by atoms with Gasteiger partial charge in [-0.1, -0.05) is 0 Å². The number of piperidine rings is 1. The van der Waals surface area contributed by atoms with Crippen LogP contribution >= 0.6 is 0 Å². The highest BCUT2D eigenvalue weighted by molar-refractivity contribution is 7.89. The first-order valence-electron chi connectivity index (χ1n) is 8.63.